The summed E-state index contributed by atoms with van der Waals surface area (Å²) in [5, 5.41) is 13.3. The molecule has 2 aromatic carbocycles. The van der Waals surface area contributed by atoms with Crippen molar-refractivity contribution in [3.8, 4) is 0 Å². The van der Waals surface area contributed by atoms with E-state index in [0.29, 0.717) is 11.4 Å². The molecule has 0 radical (unpaired) electrons. The van der Waals surface area contributed by atoms with Crippen molar-refractivity contribution in [2.45, 2.75) is 16.1 Å². The number of amides is 3. The van der Waals surface area contributed by atoms with E-state index in [-0.39, 0.29) is 38.3 Å². The molecule has 1 heterocycles. The van der Waals surface area contributed by atoms with Gasteiger partial charge in [-0.1, -0.05) is 49.5 Å². The Morgan fingerprint density at radius 1 is 1.00 bits per heavy atom. The molecule has 36 heavy (non-hydrogen) atoms. The molecule has 3 aliphatic rings. The van der Waals surface area contributed by atoms with Crippen LogP contribution in [-0.4, -0.2) is 54.6 Å². The number of nitro groups is 1. The third-order valence-corrected chi connectivity index (χ3v) is 10.7. The van der Waals surface area contributed by atoms with Crippen LogP contribution in [0, 0.1) is 33.8 Å². The number of benzene rings is 2. The molecule has 2 aliphatic carbocycles. The number of carbonyl (C=O) groups excluding carboxylic acids is 4. The van der Waals surface area contributed by atoms with Gasteiger partial charge in [-0.05, 0) is 48.6 Å². The first kappa shape index (κ1) is 25.0. The summed E-state index contributed by atoms with van der Waals surface area (Å²) in [5.74, 6) is -3.85. The second-order valence-corrected chi connectivity index (χ2v) is 11.6. The van der Waals surface area contributed by atoms with Crippen LogP contribution in [0.25, 0.3) is 0 Å². The Kier molecular flexibility index (Phi) is 6.50. The van der Waals surface area contributed by atoms with E-state index in [0.717, 1.165) is 16.1 Å². The topological polar surface area (TPSA) is 118 Å². The van der Waals surface area contributed by atoms with Gasteiger partial charge in [0.25, 0.3) is 23.4 Å². The van der Waals surface area contributed by atoms with Gasteiger partial charge in [0.2, 0.25) is 0 Å². The highest BCUT2D eigenvalue weighted by atomic mass is 79.9. The molecule has 9 nitrogen and oxygen atoms in total. The summed E-state index contributed by atoms with van der Waals surface area (Å²) in [4.78, 5) is 64.5. The molecule has 2 aromatic rings. The van der Waals surface area contributed by atoms with E-state index >= 15 is 0 Å². The van der Waals surface area contributed by atoms with E-state index < -0.39 is 46.8 Å². The number of carbonyl (C=O) groups is 4. The molecule has 0 spiro atoms. The van der Waals surface area contributed by atoms with Crippen LogP contribution in [0.15, 0.2) is 48.5 Å². The van der Waals surface area contributed by atoms with Gasteiger partial charge in [0.15, 0.2) is 5.78 Å². The molecule has 2 bridgehead atoms. The van der Waals surface area contributed by atoms with Crippen molar-refractivity contribution in [1.29, 1.82) is 0 Å². The summed E-state index contributed by atoms with van der Waals surface area (Å²) >= 11 is 13.2. The minimum atomic E-state index is -0.860. The number of halogens is 3. The molecule has 5 rings (SSSR count). The van der Waals surface area contributed by atoms with Crippen molar-refractivity contribution >= 4 is 72.7 Å². The first-order valence-corrected chi connectivity index (χ1v) is 13.3. The van der Waals surface area contributed by atoms with Crippen LogP contribution in [0.3, 0.4) is 0 Å². The van der Waals surface area contributed by atoms with Crippen LogP contribution >= 0.6 is 43.5 Å². The normalized spacial score (nSPS) is 28.4. The fourth-order valence-electron chi connectivity index (χ4n) is 5.57. The number of hydrogen-bond donors (Lipinski definition) is 0. The zero-order chi connectivity index (χ0) is 25.9. The fraction of sp³-hybridized carbons (Fsp3) is 0.333. The van der Waals surface area contributed by atoms with Crippen molar-refractivity contribution in [1.82, 2.24) is 10.0 Å². The molecule has 0 unspecified atom stereocenters. The Morgan fingerprint density at radius 3 is 2.14 bits per heavy atom. The number of ketones is 1. The second kappa shape index (κ2) is 9.35. The minimum absolute atomic E-state index is 0.00271. The highest BCUT2D eigenvalue weighted by Gasteiger charge is 2.67. The number of Topliss-reactive ketones (excluding diaryl/α,β-unsaturated/α-hetero) is 1. The van der Waals surface area contributed by atoms with E-state index in [4.69, 9.17) is 11.6 Å². The third-order valence-electron chi connectivity index (χ3n) is 7.20. The van der Waals surface area contributed by atoms with Crippen LogP contribution in [0.1, 0.15) is 27.1 Å². The van der Waals surface area contributed by atoms with Crippen molar-refractivity contribution in [2.24, 2.45) is 23.7 Å². The Balaban J connectivity index is 1.52. The summed E-state index contributed by atoms with van der Waals surface area (Å²) in [6, 6.07) is 10.9. The standard InChI is InChI=1S/C24H18Br2ClN3O6/c25-20-15-9-16(21(20)26)19-18(15)23(33)29(24(19)34)28(10-17(31)11-4-6-13(27)7-5-11)22(32)12-2-1-3-14(8-12)30(35)36/h1-8,15-16,18-21H,9-10H2/t15-,16-,18-,19-,20-,21+/m1/s1. The molecule has 1 aliphatic heterocycles. The van der Waals surface area contributed by atoms with E-state index in [1.807, 2.05) is 0 Å². The Morgan fingerprint density at radius 2 is 1.58 bits per heavy atom. The van der Waals surface area contributed by atoms with Gasteiger partial charge in [0.05, 0.1) is 16.8 Å². The Hall–Kier alpha value is -2.63. The number of nitro benzene ring substituents is 1. The van der Waals surface area contributed by atoms with Crippen LogP contribution in [0.2, 0.25) is 5.02 Å². The zero-order valence-electron chi connectivity index (χ0n) is 18.4. The zero-order valence-corrected chi connectivity index (χ0v) is 22.4. The summed E-state index contributed by atoms with van der Waals surface area (Å²) in [6.07, 6.45) is 0.703. The van der Waals surface area contributed by atoms with Crippen molar-refractivity contribution in [3.63, 3.8) is 0 Å². The highest BCUT2D eigenvalue weighted by molar-refractivity contribution is 9.12. The molecular weight excluding hydrogens is 622 g/mol. The van der Waals surface area contributed by atoms with Gasteiger partial charge in [-0.25, -0.2) is 5.01 Å². The molecule has 3 amide bonds. The molecule has 0 aromatic heterocycles. The van der Waals surface area contributed by atoms with Gasteiger partial charge in [0.1, 0.15) is 6.54 Å². The first-order chi connectivity index (χ1) is 17.1. The van der Waals surface area contributed by atoms with Crippen molar-refractivity contribution in [2.75, 3.05) is 6.54 Å². The fourth-order valence-corrected chi connectivity index (χ4v) is 7.57. The van der Waals surface area contributed by atoms with E-state index in [1.165, 1.54) is 42.5 Å². The van der Waals surface area contributed by atoms with Gasteiger partial charge >= 0.3 is 0 Å². The van der Waals surface area contributed by atoms with E-state index in [1.54, 1.807) is 0 Å². The van der Waals surface area contributed by atoms with Gasteiger partial charge < -0.3 is 0 Å². The van der Waals surface area contributed by atoms with Crippen LogP contribution in [0.5, 0.6) is 0 Å². The molecule has 12 heteroatoms. The molecule has 0 N–H and O–H groups in total. The van der Waals surface area contributed by atoms with Gasteiger partial charge in [-0.2, -0.15) is 5.01 Å². The monoisotopic (exact) mass is 637 g/mol. The maximum absolute atomic E-state index is 13.6. The van der Waals surface area contributed by atoms with Gasteiger partial charge in [0, 0.05) is 37.9 Å². The molecule has 1 saturated heterocycles. The lowest BCUT2D eigenvalue weighted by molar-refractivity contribution is -0.384. The maximum Gasteiger partial charge on any atom is 0.273 e. The second-order valence-electron chi connectivity index (χ2n) is 9.09. The Bertz CT molecular complexity index is 1270. The quantitative estimate of drug-likeness (QED) is 0.153. The molecule has 186 valence electrons. The summed E-state index contributed by atoms with van der Waals surface area (Å²) in [6.45, 7) is -0.606. The summed E-state index contributed by atoms with van der Waals surface area (Å²) in [7, 11) is 0. The predicted molar refractivity (Wildman–Crippen MR) is 136 cm³/mol. The summed E-state index contributed by atoms with van der Waals surface area (Å²) < 4.78 is 0. The largest absolute Gasteiger partial charge is 0.292 e. The highest BCUT2D eigenvalue weighted by Crippen LogP contribution is 2.60. The SMILES string of the molecule is O=C(CN(C(=O)c1cccc([N+](=O)[O-])c1)N1C(=O)[C@@H]2[C@H]3C[C@@H]([C@@H](Br)[C@H]3Br)[C@H]2C1=O)c1ccc(Cl)cc1. The maximum atomic E-state index is 13.6. The first-order valence-electron chi connectivity index (χ1n) is 11.1. The van der Waals surface area contributed by atoms with Gasteiger partial charge in [-0.15, -0.1) is 0 Å². The van der Waals surface area contributed by atoms with Crippen LogP contribution in [0.4, 0.5) is 5.69 Å². The van der Waals surface area contributed by atoms with Crippen molar-refractivity contribution in [3.05, 3.63) is 74.8 Å². The van der Waals surface area contributed by atoms with Crippen LogP contribution < -0.4 is 0 Å². The smallest absolute Gasteiger partial charge is 0.273 e. The molecule has 3 fully saturated rings. The lowest BCUT2D eigenvalue weighted by atomic mass is 9.81. The van der Waals surface area contributed by atoms with Gasteiger partial charge in [-0.3, -0.25) is 29.3 Å². The van der Waals surface area contributed by atoms with Crippen molar-refractivity contribution < 1.29 is 24.1 Å². The molecular formula is C24H18Br2ClN3O6. The molecule has 2 saturated carbocycles. The number of imide groups is 1. The third kappa shape index (κ3) is 3.97. The number of alkyl halides is 2. The predicted octanol–water partition coefficient (Wildman–Crippen LogP) is 4.27. The van der Waals surface area contributed by atoms with E-state index in [2.05, 4.69) is 31.9 Å². The number of nitrogens with zero attached hydrogens (tertiary/aromatic N) is 3. The average Bonchev–Trinajstić information content (AvgIpc) is 3.47. The van der Waals surface area contributed by atoms with E-state index in [9.17, 15) is 29.3 Å². The number of rotatable bonds is 6. The van der Waals surface area contributed by atoms with Crippen LogP contribution in [-0.2, 0) is 9.59 Å². The lowest BCUT2D eigenvalue weighted by Gasteiger charge is -2.30. The summed E-state index contributed by atoms with van der Waals surface area (Å²) in [5.41, 5.74) is -0.217. The molecule has 6 atom stereocenters. The Labute approximate surface area is 227 Å². The lowest BCUT2D eigenvalue weighted by Crippen LogP contribution is -2.52. The average molecular weight is 640 g/mol. The number of non-ortho nitro benzene ring substituents is 1. The number of hydrogen-bond acceptors (Lipinski definition) is 6. The minimum Gasteiger partial charge on any atom is -0.292 e. The number of hydrazine groups is 1. The number of fused-ring (bicyclic) bond motifs is 5.